The molecule has 0 saturated heterocycles. The minimum absolute atomic E-state index is 0.541. The van der Waals surface area contributed by atoms with Crippen LogP contribution in [0.2, 0.25) is 0 Å². The van der Waals surface area contributed by atoms with Crippen LogP contribution in [0.1, 0.15) is 6.92 Å². The summed E-state index contributed by atoms with van der Waals surface area (Å²) in [5.74, 6) is 5.61. The number of aliphatic imine (C=N–C) groups is 1. The molecule has 0 heterocycles. The highest BCUT2D eigenvalue weighted by Gasteiger charge is 1.82. The first-order valence-electron chi connectivity index (χ1n) is 2.68. The van der Waals surface area contributed by atoms with Crippen molar-refractivity contribution in [2.24, 2.45) is 10.8 Å². The number of halogens is 1. The summed E-state index contributed by atoms with van der Waals surface area (Å²) in [5.41, 5.74) is 2.37. The Labute approximate surface area is 68.8 Å². The average molecular weight is 204 g/mol. The van der Waals surface area contributed by atoms with Gasteiger partial charge in [-0.15, -0.1) is 0 Å². The lowest BCUT2D eigenvalue weighted by Gasteiger charge is -1.94. The van der Waals surface area contributed by atoms with Crippen molar-refractivity contribution in [2.45, 2.75) is 6.92 Å². The Morgan fingerprint density at radius 1 is 1.70 bits per heavy atom. The molecule has 0 unspecified atom stereocenters. The molecule has 0 aliphatic carbocycles. The smallest absolute Gasteiger partial charge is 0.139 e. The summed E-state index contributed by atoms with van der Waals surface area (Å²) in [6.07, 6.45) is 3.54. The Morgan fingerprint density at radius 2 is 2.30 bits per heavy atom. The summed E-state index contributed by atoms with van der Waals surface area (Å²) < 4.78 is 1.00. The van der Waals surface area contributed by atoms with Crippen LogP contribution in [0.25, 0.3) is 0 Å². The Hall–Kier alpha value is -0.610. The second-order valence-corrected chi connectivity index (χ2v) is 2.86. The number of hydrazine groups is 1. The van der Waals surface area contributed by atoms with Crippen molar-refractivity contribution in [1.82, 2.24) is 5.43 Å². The lowest BCUT2D eigenvalue weighted by atomic mass is 10.5. The van der Waals surface area contributed by atoms with E-state index in [1.807, 2.05) is 13.0 Å². The summed E-state index contributed by atoms with van der Waals surface area (Å²) in [6.45, 7) is 5.21. The predicted molar refractivity (Wildman–Crippen MR) is 47.6 cm³/mol. The molecule has 0 rings (SSSR count). The maximum atomic E-state index is 5.07. The fourth-order valence-electron chi connectivity index (χ4n) is 0.340. The first kappa shape index (κ1) is 9.39. The van der Waals surface area contributed by atoms with E-state index in [0.717, 1.165) is 4.48 Å². The van der Waals surface area contributed by atoms with Crippen molar-refractivity contribution in [3.63, 3.8) is 0 Å². The maximum absolute atomic E-state index is 5.07. The van der Waals surface area contributed by atoms with Crippen molar-refractivity contribution in [3.05, 3.63) is 22.5 Å². The predicted octanol–water partition coefficient (Wildman–Crippen LogP) is 1.29. The number of rotatable bonds is 3. The zero-order chi connectivity index (χ0) is 7.98. The molecule has 0 atom stereocenters. The number of nitrogens with one attached hydrogen (secondary N) is 1. The summed E-state index contributed by atoms with van der Waals surface area (Å²) in [7, 11) is 0. The van der Waals surface area contributed by atoms with Crippen LogP contribution in [0, 0.1) is 0 Å². The third-order valence-corrected chi connectivity index (χ3v) is 1.05. The van der Waals surface area contributed by atoms with Gasteiger partial charge in [-0.3, -0.25) is 0 Å². The molecule has 56 valence electrons. The van der Waals surface area contributed by atoms with Gasteiger partial charge in [0.15, 0.2) is 0 Å². The Bertz CT molecular complexity index is 168. The molecule has 0 aliphatic rings. The second kappa shape index (κ2) is 5.20. The fraction of sp³-hybridized carbons (Fsp3) is 0.167. The van der Waals surface area contributed by atoms with Gasteiger partial charge in [0.05, 0.1) is 0 Å². The van der Waals surface area contributed by atoms with Gasteiger partial charge in [-0.25, -0.2) is 10.8 Å². The normalized spacial score (nSPS) is 13.1. The first-order chi connectivity index (χ1) is 4.70. The molecule has 0 aromatic heterocycles. The van der Waals surface area contributed by atoms with Gasteiger partial charge in [0, 0.05) is 0 Å². The lowest BCUT2D eigenvalue weighted by Crippen LogP contribution is -2.19. The third kappa shape index (κ3) is 4.29. The van der Waals surface area contributed by atoms with E-state index in [2.05, 4.69) is 33.1 Å². The quantitative estimate of drug-likeness (QED) is 0.315. The van der Waals surface area contributed by atoms with E-state index in [1.165, 1.54) is 0 Å². The van der Waals surface area contributed by atoms with E-state index in [0.29, 0.717) is 5.82 Å². The molecule has 3 nitrogen and oxygen atoms in total. The van der Waals surface area contributed by atoms with Crippen LogP contribution in [0.4, 0.5) is 0 Å². The van der Waals surface area contributed by atoms with Gasteiger partial charge in [0.2, 0.25) is 0 Å². The molecule has 0 spiro atoms. The Balaban J connectivity index is 4.12. The molecule has 0 amide bonds. The van der Waals surface area contributed by atoms with Crippen LogP contribution < -0.4 is 11.3 Å². The summed E-state index contributed by atoms with van der Waals surface area (Å²) >= 11 is 3.25. The largest absolute Gasteiger partial charge is 0.309 e. The summed E-state index contributed by atoms with van der Waals surface area (Å²) in [5, 5.41) is 0. The highest BCUT2D eigenvalue weighted by atomic mass is 79.9. The van der Waals surface area contributed by atoms with Crippen LogP contribution in [-0.2, 0) is 0 Å². The summed E-state index contributed by atoms with van der Waals surface area (Å²) in [6, 6.07) is 0. The van der Waals surface area contributed by atoms with E-state index < -0.39 is 0 Å². The minimum atomic E-state index is 0.541. The average Bonchev–Trinajstić information content (AvgIpc) is 1.90. The van der Waals surface area contributed by atoms with Crippen LogP contribution in [0.5, 0.6) is 0 Å². The molecule has 0 fully saturated rings. The monoisotopic (exact) mass is 203 g/mol. The standard InChI is InChI=1S/C6H10BrN3/c1-5(7)3-4-6(9-2)10-8/h3-4,10H,2,8H2,1H3/b5-3+,6-4+. The van der Waals surface area contributed by atoms with Gasteiger partial charge < -0.3 is 5.43 Å². The van der Waals surface area contributed by atoms with E-state index in [9.17, 15) is 0 Å². The van der Waals surface area contributed by atoms with Crippen LogP contribution in [-0.4, -0.2) is 6.72 Å². The molecule has 0 aromatic carbocycles. The van der Waals surface area contributed by atoms with Gasteiger partial charge in [0.1, 0.15) is 5.82 Å². The maximum Gasteiger partial charge on any atom is 0.139 e. The Kier molecular flexibility index (Phi) is 4.88. The van der Waals surface area contributed by atoms with Crippen molar-refractivity contribution < 1.29 is 0 Å². The van der Waals surface area contributed by atoms with Gasteiger partial charge >= 0.3 is 0 Å². The van der Waals surface area contributed by atoms with Crippen molar-refractivity contribution in [3.8, 4) is 0 Å². The van der Waals surface area contributed by atoms with Crippen LogP contribution in [0.3, 0.4) is 0 Å². The minimum Gasteiger partial charge on any atom is -0.309 e. The SMILES string of the molecule is C=N/C(=C\C=C(/C)Br)NN. The molecule has 10 heavy (non-hydrogen) atoms. The van der Waals surface area contributed by atoms with Gasteiger partial charge in [-0.1, -0.05) is 15.9 Å². The van der Waals surface area contributed by atoms with E-state index in [4.69, 9.17) is 5.84 Å². The van der Waals surface area contributed by atoms with E-state index >= 15 is 0 Å². The highest BCUT2D eigenvalue weighted by Crippen LogP contribution is 2.02. The lowest BCUT2D eigenvalue weighted by molar-refractivity contribution is 0.873. The van der Waals surface area contributed by atoms with Crippen molar-refractivity contribution in [1.29, 1.82) is 0 Å². The van der Waals surface area contributed by atoms with Gasteiger partial charge in [0.25, 0.3) is 0 Å². The molecule has 4 heteroatoms. The molecule has 0 radical (unpaired) electrons. The zero-order valence-electron chi connectivity index (χ0n) is 5.76. The topological polar surface area (TPSA) is 50.4 Å². The van der Waals surface area contributed by atoms with Crippen LogP contribution in [0.15, 0.2) is 27.4 Å². The van der Waals surface area contributed by atoms with Crippen molar-refractivity contribution >= 4 is 22.6 Å². The number of nitrogens with two attached hydrogens (primary N) is 1. The summed E-state index contributed by atoms with van der Waals surface area (Å²) in [4.78, 5) is 3.59. The third-order valence-electron chi connectivity index (χ3n) is 0.789. The first-order valence-corrected chi connectivity index (χ1v) is 3.47. The number of hydrogen-bond acceptors (Lipinski definition) is 3. The number of hydrogen-bond donors (Lipinski definition) is 2. The molecule has 0 bridgehead atoms. The highest BCUT2D eigenvalue weighted by molar-refractivity contribution is 9.11. The molecule has 0 saturated carbocycles. The zero-order valence-corrected chi connectivity index (χ0v) is 7.35. The molecule has 0 aliphatic heterocycles. The molecule has 0 aromatic rings. The van der Waals surface area contributed by atoms with E-state index in [-0.39, 0.29) is 0 Å². The second-order valence-electron chi connectivity index (χ2n) is 1.61. The molecular formula is C6H10BrN3. The molecule has 3 N–H and O–H groups in total. The van der Waals surface area contributed by atoms with Gasteiger partial charge in [-0.05, 0) is 30.3 Å². The fourth-order valence-corrected chi connectivity index (χ4v) is 0.472. The molecular weight excluding hydrogens is 194 g/mol. The number of nitrogens with zero attached hydrogens (tertiary/aromatic N) is 1. The number of allylic oxidation sites excluding steroid dienone is 3. The van der Waals surface area contributed by atoms with Crippen LogP contribution >= 0.6 is 15.9 Å². The van der Waals surface area contributed by atoms with Gasteiger partial charge in [-0.2, -0.15) is 0 Å². The Morgan fingerprint density at radius 3 is 2.60 bits per heavy atom. The van der Waals surface area contributed by atoms with Crippen molar-refractivity contribution in [2.75, 3.05) is 0 Å². The van der Waals surface area contributed by atoms with E-state index in [1.54, 1.807) is 6.08 Å².